The predicted octanol–water partition coefficient (Wildman–Crippen LogP) is 3.03. The number of halogens is 1. The molecule has 1 aromatic carbocycles. The summed E-state index contributed by atoms with van der Waals surface area (Å²) in [6.07, 6.45) is 3.55. The Bertz CT molecular complexity index is 735. The van der Waals surface area contributed by atoms with Crippen LogP contribution in [-0.4, -0.2) is 28.7 Å². The van der Waals surface area contributed by atoms with Crippen LogP contribution in [0.3, 0.4) is 0 Å². The topological polar surface area (TPSA) is 75.6 Å². The summed E-state index contributed by atoms with van der Waals surface area (Å²) in [6.45, 7) is 1.52. The number of amides is 1. The average Bonchev–Trinajstić information content (AvgIpc) is 2.52. The molecule has 4 aliphatic carbocycles. The third-order valence-corrected chi connectivity index (χ3v) is 6.21. The van der Waals surface area contributed by atoms with Gasteiger partial charge in [0.15, 0.2) is 6.10 Å². The SMILES string of the molecule is C[C@@H](OC(=O)C12C[C@@H]3C[C@@H](CC(O)(C3)C1)C2)C(=O)Nc1cccc(F)c1. The van der Waals surface area contributed by atoms with Crippen LogP contribution in [0.5, 0.6) is 0 Å². The first-order valence-electron chi connectivity index (χ1n) is 9.27. The number of rotatable bonds is 4. The lowest BCUT2D eigenvalue weighted by atomic mass is 9.48. The summed E-state index contributed by atoms with van der Waals surface area (Å²) < 4.78 is 18.7. The molecule has 0 radical (unpaired) electrons. The average molecular weight is 361 g/mol. The largest absolute Gasteiger partial charge is 0.452 e. The molecule has 4 aliphatic rings. The zero-order chi connectivity index (χ0) is 18.5. The molecule has 0 aliphatic heterocycles. The van der Waals surface area contributed by atoms with E-state index in [1.807, 2.05) is 0 Å². The van der Waals surface area contributed by atoms with Gasteiger partial charge < -0.3 is 15.2 Å². The Balaban J connectivity index is 1.42. The summed E-state index contributed by atoms with van der Waals surface area (Å²) in [4.78, 5) is 25.2. The second-order valence-corrected chi connectivity index (χ2v) is 8.51. The maximum Gasteiger partial charge on any atom is 0.312 e. The van der Waals surface area contributed by atoms with Gasteiger partial charge in [-0.15, -0.1) is 0 Å². The molecule has 0 aromatic heterocycles. The Labute approximate surface area is 151 Å². The van der Waals surface area contributed by atoms with Crippen molar-refractivity contribution in [1.29, 1.82) is 0 Å². The number of aliphatic hydroxyl groups is 1. The summed E-state index contributed by atoms with van der Waals surface area (Å²) in [6, 6.07) is 5.57. The molecule has 0 heterocycles. The lowest BCUT2D eigenvalue weighted by Crippen LogP contribution is -2.59. The minimum atomic E-state index is -0.978. The van der Waals surface area contributed by atoms with Crippen molar-refractivity contribution in [3.05, 3.63) is 30.1 Å². The maximum atomic E-state index is 13.2. The lowest BCUT2D eigenvalue weighted by molar-refractivity contribution is -0.199. The summed E-state index contributed by atoms with van der Waals surface area (Å²) >= 11 is 0. The first-order valence-corrected chi connectivity index (χ1v) is 9.27. The van der Waals surface area contributed by atoms with Gasteiger partial charge in [0.25, 0.3) is 5.91 Å². The Morgan fingerprint density at radius 3 is 2.58 bits per heavy atom. The van der Waals surface area contributed by atoms with Crippen LogP contribution < -0.4 is 5.32 Å². The van der Waals surface area contributed by atoms with Crippen molar-refractivity contribution in [2.24, 2.45) is 17.3 Å². The van der Waals surface area contributed by atoms with Crippen molar-refractivity contribution in [2.75, 3.05) is 5.32 Å². The van der Waals surface area contributed by atoms with Gasteiger partial charge in [-0.3, -0.25) is 9.59 Å². The summed E-state index contributed by atoms with van der Waals surface area (Å²) in [5.74, 6) is -0.594. The highest BCUT2D eigenvalue weighted by molar-refractivity contribution is 5.95. The molecule has 0 spiro atoms. The second kappa shape index (κ2) is 6.05. The van der Waals surface area contributed by atoms with E-state index in [1.54, 1.807) is 6.07 Å². The zero-order valence-corrected chi connectivity index (χ0v) is 14.8. The van der Waals surface area contributed by atoms with Gasteiger partial charge in [0.05, 0.1) is 11.0 Å². The standard InChI is InChI=1S/C20H24FNO4/c1-12(17(23)22-16-4-2-3-15(21)6-16)26-18(24)19-7-13-5-14(8-19)10-20(25,9-13)11-19/h2-4,6,12-14,25H,5,7-11H2,1H3,(H,22,23)/t12-,13-,14+,19?,20?/m1/s1. The first kappa shape index (κ1) is 17.5. The number of esters is 1. The molecule has 5 nitrogen and oxygen atoms in total. The van der Waals surface area contributed by atoms with Gasteiger partial charge in [-0.1, -0.05) is 6.07 Å². The fourth-order valence-electron chi connectivity index (χ4n) is 5.60. The van der Waals surface area contributed by atoms with Gasteiger partial charge >= 0.3 is 5.97 Å². The van der Waals surface area contributed by atoms with E-state index in [1.165, 1.54) is 25.1 Å². The molecule has 5 atom stereocenters. The second-order valence-electron chi connectivity index (χ2n) is 8.51. The van der Waals surface area contributed by atoms with E-state index in [2.05, 4.69) is 5.32 Å². The van der Waals surface area contributed by atoms with E-state index in [-0.39, 0.29) is 5.97 Å². The third kappa shape index (κ3) is 3.11. The van der Waals surface area contributed by atoms with E-state index in [0.717, 1.165) is 32.1 Å². The van der Waals surface area contributed by atoms with E-state index in [4.69, 9.17) is 4.74 Å². The lowest BCUT2D eigenvalue weighted by Gasteiger charge is -2.58. The first-order chi connectivity index (χ1) is 12.3. The van der Waals surface area contributed by atoms with Crippen molar-refractivity contribution in [3.8, 4) is 0 Å². The number of ether oxygens (including phenoxy) is 1. The third-order valence-electron chi connectivity index (χ3n) is 6.21. The summed E-state index contributed by atoms with van der Waals surface area (Å²) in [7, 11) is 0. The molecule has 4 bridgehead atoms. The molecule has 5 rings (SSSR count). The molecule has 2 unspecified atom stereocenters. The smallest absolute Gasteiger partial charge is 0.312 e. The minimum absolute atomic E-state index is 0.321. The van der Waals surface area contributed by atoms with E-state index in [0.29, 0.717) is 23.9 Å². The van der Waals surface area contributed by atoms with Gasteiger partial charge in [0.1, 0.15) is 5.82 Å². The zero-order valence-electron chi connectivity index (χ0n) is 14.8. The number of hydrogen-bond donors (Lipinski definition) is 2. The fourth-order valence-corrected chi connectivity index (χ4v) is 5.60. The van der Waals surface area contributed by atoms with Gasteiger partial charge in [-0.25, -0.2) is 4.39 Å². The van der Waals surface area contributed by atoms with Crippen molar-refractivity contribution in [2.45, 2.75) is 57.2 Å². The number of benzene rings is 1. The van der Waals surface area contributed by atoms with Crippen LogP contribution in [0, 0.1) is 23.1 Å². The Morgan fingerprint density at radius 2 is 1.96 bits per heavy atom. The molecule has 4 saturated carbocycles. The Hall–Kier alpha value is -1.95. The van der Waals surface area contributed by atoms with Gasteiger partial charge in [-0.2, -0.15) is 0 Å². The van der Waals surface area contributed by atoms with Crippen LogP contribution in [0.2, 0.25) is 0 Å². The number of anilines is 1. The minimum Gasteiger partial charge on any atom is -0.452 e. The Morgan fingerprint density at radius 1 is 1.27 bits per heavy atom. The highest BCUT2D eigenvalue weighted by Gasteiger charge is 2.61. The molecule has 0 saturated heterocycles. The van der Waals surface area contributed by atoms with Crippen LogP contribution in [0.25, 0.3) is 0 Å². The van der Waals surface area contributed by atoms with Crippen LogP contribution in [0.15, 0.2) is 24.3 Å². The molecule has 1 aromatic rings. The van der Waals surface area contributed by atoms with Crippen molar-refractivity contribution in [1.82, 2.24) is 0 Å². The van der Waals surface area contributed by atoms with Crippen LogP contribution >= 0.6 is 0 Å². The number of carbonyl (C=O) groups is 2. The monoisotopic (exact) mass is 361 g/mol. The van der Waals surface area contributed by atoms with Crippen LogP contribution in [0.4, 0.5) is 10.1 Å². The molecule has 26 heavy (non-hydrogen) atoms. The predicted molar refractivity (Wildman–Crippen MR) is 92.6 cm³/mol. The summed E-state index contributed by atoms with van der Waals surface area (Å²) in [5, 5.41) is 13.3. The summed E-state index contributed by atoms with van der Waals surface area (Å²) in [5.41, 5.74) is -1.09. The molecule has 140 valence electrons. The van der Waals surface area contributed by atoms with Crippen LogP contribution in [-0.2, 0) is 14.3 Å². The molecule has 4 fully saturated rings. The Kier molecular flexibility index (Phi) is 4.06. The van der Waals surface area contributed by atoms with E-state index < -0.39 is 28.8 Å². The highest BCUT2D eigenvalue weighted by atomic mass is 19.1. The quantitative estimate of drug-likeness (QED) is 0.809. The highest BCUT2D eigenvalue weighted by Crippen LogP contribution is 2.62. The van der Waals surface area contributed by atoms with Gasteiger partial charge in [-0.05, 0) is 75.5 Å². The van der Waals surface area contributed by atoms with Gasteiger partial charge in [0, 0.05) is 5.69 Å². The van der Waals surface area contributed by atoms with Crippen LogP contribution in [0.1, 0.15) is 45.4 Å². The van der Waals surface area contributed by atoms with Crippen molar-refractivity contribution in [3.63, 3.8) is 0 Å². The van der Waals surface area contributed by atoms with Crippen molar-refractivity contribution < 1.29 is 23.8 Å². The molecular formula is C20H24FNO4. The molecule has 1 amide bonds. The van der Waals surface area contributed by atoms with Crippen molar-refractivity contribution >= 4 is 17.6 Å². The number of carbonyl (C=O) groups excluding carboxylic acids is 2. The molecular weight excluding hydrogens is 337 g/mol. The van der Waals surface area contributed by atoms with E-state index in [9.17, 15) is 19.1 Å². The number of nitrogens with one attached hydrogen (secondary N) is 1. The van der Waals surface area contributed by atoms with E-state index >= 15 is 0 Å². The normalized spacial score (nSPS) is 35.8. The maximum absolute atomic E-state index is 13.2. The molecule has 2 N–H and O–H groups in total. The number of hydrogen-bond acceptors (Lipinski definition) is 4. The molecule has 6 heteroatoms. The van der Waals surface area contributed by atoms with Gasteiger partial charge in [0.2, 0.25) is 0 Å². The fraction of sp³-hybridized carbons (Fsp3) is 0.600.